The van der Waals surface area contributed by atoms with E-state index in [1.165, 1.54) is 6.42 Å². The maximum Gasteiger partial charge on any atom is 0.308 e. The minimum Gasteiger partial charge on any atom is -0.497 e. The molecule has 140 valence electrons. The molecule has 2 rings (SSSR count). The van der Waals surface area contributed by atoms with Crippen molar-refractivity contribution in [3.05, 3.63) is 23.8 Å². The summed E-state index contributed by atoms with van der Waals surface area (Å²) in [7, 11) is 3.33. The summed E-state index contributed by atoms with van der Waals surface area (Å²) in [5, 5.41) is 3.49. The van der Waals surface area contributed by atoms with Crippen LogP contribution in [0.2, 0.25) is 0 Å². The molecule has 5 heteroatoms. The molecule has 0 heterocycles. The Kier molecular flexibility index (Phi) is 8.06. The Balaban J connectivity index is 1.75. The Labute approximate surface area is 151 Å². The van der Waals surface area contributed by atoms with Crippen molar-refractivity contribution < 1.29 is 19.0 Å². The lowest BCUT2D eigenvalue weighted by atomic mass is 9.80. The first-order valence-corrected chi connectivity index (χ1v) is 9.26. The fourth-order valence-electron chi connectivity index (χ4n) is 3.55. The molecule has 0 radical (unpaired) electrons. The molecule has 1 aromatic rings. The average molecular weight is 349 g/mol. The molecule has 0 amide bonds. The van der Waals surface area contributed by atoms with Crippen LogP contribution in [0.4, 0.5) is 0 Å². The molecule has 1 N–H and O–H groups in total. The van der Waals surface area contributed by atoms with E-state index in [4.69, 9.17) is 14.2 Å². The molecule has 1 aromatic carbocycles. The molecule has 2 atom stereocenters. The number of ether oxygens (including phenoxy) is 3. The van der Waals surface area contributed by atoms with E-state index in [2.05, 4.69) is 5.32 Å². The lowest BCUT2D eigenvalue weighted by Gasteiger charge is -2.27. The summed E-state index contributed by atoms with van der Waals surface area (Å²) in [4.78, 5) is 11.9. The van der Waals surface area contributed by atoms with Crippen LogP contribution in [0.25, 0.3) is 0 Å². The van der Waals surface area contributed by atoms with E-state index in [-0.39, 0.29) is 11.9 Å². The van der Waals surface area contributed by atoms with Gasteiger partial charge in [0.2, 0.25) is 0 Å². The molecule has 25 heavy (non-hydrogen) atoms. The normalized spacial score (nSPS) is 20.1. The van der Waals surface area contributed by atoms with Crippen LogP contribution < -0.4 is 14.8 Å². The van der Waals surface area contributed by atoms with E-state index >= 15 is 0 Å². The first kappa shape index (κ1) is 19.6. The summed E-state index contributed by atoms with van der Waals surface area (Å²) in [6.07, 6.45) is 5.37. The number of rotatable bonds is 9. The fourth-order valence-corrected chi connectivity index (χ4v) is 3.55. The van der Waals surface area contributed by atoms with Crippen molar-refractivity contribution in [2.45, 2.75) is 45.6 Å². The SMILES string of the molecule is CCOC(=O)C1CCCC(CCNCc2ccc(OC)cc2OC)C1. The molecule has 0 spiro atoms. The second kappa shape index (κ2) is 10.3. The molecule has 2 unspecified atom stereocenters. The van der Waals surface area contributed by atoms with Crippen molar-refractivity contribution in [2.24, 2.45) is 11.8 Å². The summed E-state index contributed by atoms with van der Waals surface area (Å²) < 4.78 is 15.8. The zero-order chi connectivity index (χ0) is 18.1. The van der Waals surface area contributed by atoms with Gasteiger partial charge in [0, 0.05) is 18.2 Å². The number of esters is 1. The summed E-state index contributed by atoms with van der Waals surface area (Å²) in [6, 6.07) is 5.88. The summed E-state index contributed by atoms with van der Waals surface area (Å²) in [6.45, 7) is 4.05. The largest absolute Gasteiger partial charge is 0.497 e. The molecule has 1 fully saturated rings. The van der Waals surface area contributed by atoms with Crippen LogP contribution in [0.3, 0.4) is 0 Å². The molecule has 0 saturated heterocycles. The zero-order valence-electron chi connectivity index (χ0n) is 15.7. The summed E-state index contributed by atoms with van der Waals surface area (Å²) >= 11 is 0. The lowest BCUT2D eigenvalue weighted by molar-refractivity contribution is -0.149. The average Bonchev–Trinajstić information content (AvgIpc) is 2.65. The van der Waals surface area contributed by atoms with Gasteiger partial charge in [-0.2, -0.15) is 0 Å². The van der Waals surface area contributed by atoms with E-state index < -0.39 is 0 Å². The van der Waals surface area contributed by atoms with E-state index in [1.54, 1.807) is 14.2 Å². The highest BCUT2D eigenvalue weighted by Crippen LogP contribution is 2.31. The molecule has 0 bridgehead atoms. The third-order valence-corrected chi connectivity index (χ3v) is 4.94. The first-order valence-electron chi connectivity index (χ1n) is 9.26. The molecule has 1 saturated carbocycles. The number of nitrogens with one attached hydrogen (secondary N) is 1. The third kappa shape index (κ3) is 5.92. The molecular formula is C20H31NO4. The van der Waals surface area contributed by atoms with Crippen molar-refractivity contribution >= 4 is 5.97 Å². The van der Waals surface area contributed by atoms with Crippen LogP contribution >= 0.6 is 0 Å². The van der Waals surface area contributed by atoms with Crippen LogP contribution in [-0.2, 0) is 16.1 Å². The number of hydrogen-bond acceptors (Lipinski definition) is 5. The van der Waals surface area contributed by atoms with Gasteiger partial charge in [-0.25, -0.2) is 0 Å². The van der Waals surface area contributed by atoms with Crippen molar-refractivity contribution in [1.82, 2.24) is 5.32 Å². The highest BCUT2D eigenvalue weighted by Gasteiger charge is 2.27. The standard InChI is InChI=1S/C20H31NO4/c1-4-25-20(22)16-7-5-6-15(12-16)10-11-21-14-17-8-9-18(23-2)13-19(17)24-3/h8-9,13,15-16,21H,4-7,10-12,14H2,1-3H3. The highest BCUT2D eigenvalue weighted by atomic mass is 16.5. The second-order valence-electron chi connectivity index (χ2n) is 6.62. The molecule has 0 aliphatic heterocycles. The Hall–Kier alpha value is -1.75. The van der Waals surface area contributed by atoms with Gasteiger partial charge >= 0.3 is 5.97 Å². The minimum absolute atomic E-state index is 0.0110. The van der Waals surface area contributed by atoms with Crippen LogP contribution in [0, 0.1) is 11.8 Å². The van der Waals surface area contributed by atoms with Crippen LogP contribution in [0.15, 0.2) is 18.2 Å². The van der Waals surface area contributed by atoms with Crippen molar-refractivity contribution in [2.75, 3.05) is 27.4 Å². The number of carbonyl (C=O) groups excluding carboxylic acids is 1. The third-order valence-electron chi connectivity index (χ3n) is 4.94. The van der Waals surface area contributed by atoms with Crippen molar-refractivity contribution in [3.63, 3.8) is 0 Å². The number of carbonyl (C=O) groups is 1. The topological polar surface area (TPSA) is 56.8 Å². The van der Waals surface area contributed by atoms with Gasteiger partial charge < -0.3 is 19.5 Å². The van der Waals surface area contributed by atoms with Gasteiger partial charge in [0.1, 0.15) is 11.5 Å². The Morgan fingerprint density at radius 1 is 1.24 bits per heavy atom. The number of benzene rings is 1. The predicted molar refractivity (Wildman–Crippen MR) is 98.0 cm³/mol. The Morgan fingerprint density at radius 3 is 2.80 bits per heavy atom. The quantitative estimate of drug-likeness (QED) is 0.546. The monoisotopic (exact) mass is 349 g/mol. The van der Waals surface area contributed by atoms with Gasteiger partial charge in [-0.1, -0.05) is 18.9 Å². The van der Waals surface area contributed by atoms with Gasteiger partial charge in [0.15, 0.2) is 0 Å². The van der Waals surface area contributed by atoms with E-state index in [9.17, 15) is 4.79 Å². The van der Waals surface area contributed by atoms with Gasteiger partial charge in [-0.15, -0.1) is 0 Å². The number of methoxy groups -OCH3 is 2. The van der Waals surface area contributed by atoms with Crippen LogP contribution in [0.5, 0.6) is 11.5 Å². The number of hydrogen-bond donors (Lipinski definition) is 1. The Bertz CT molecular complexity index is 546. The Morgan fingerprint density at radius 2 is 2.08 bits per heavy atom. The van der Waals surface area contributed by atoms with Crippen molar-refractivity contribution in [1.29, 1.82) is 0 Å². The van der Waals surface area contributed by atoms with Crippen LogP contribution in [-0.4, -0.2) is 33.3 Å². The summed E-state index contributed by atoms with van der Waals surface area (Å²) in [5.41, 5.74) is 1.12. The smallest absolute Gasteiger partial charge is 0.308 e. The van der Waals surface area contributed by atoms with Gasteiger partial charge in [0.25, 0.3) is 0 Å². The van der Waals surface area contributed by atoms with Gasteiger partial charge in [-0.05, 0) is 44.7 Å². The first-order chi connectivity index (χ1) is 12.2. The van der Waals surface area contributed by atoms with E-state index in [0.29, 0.717) is 12.5 Å². The van der Waals surface area contributed by atoms with Crippen LogP contribution in [0.1, 0.15) is 44.6 Å². The van der Waals surface area contributed by atoms with E-state index in [0.717, 1.165) is 55.8 Å². The maximum atomic E-state index is 11.9. The molecule has 0 aromatic heterocycles. The van der Waals surface area contributed by atoms with Gasteiger partial charge in [0.05, 0.1) is 26.7 Å². The van der Waals surface area contributed by atoms with E-state index in [1.807, 2.05) is 25.1 Å². The molecule has 1 aliphatic carbocycles. The predicted octanol–water partition coefficient (Wildman–Crippen LogP) is 3.55. The zero-order valence-corrected chi connectivity index (χ0v) is 15.7. The lowest BCUT2D eigenvalue weighted by Crippen LogP contribution is -2.27. The molecular weight excluding hydrogens is 318 g/mol. The fraction of sp³-hybridized carbons (Fsp3) is 0.650. The van der Waals surface area contributed by atoms with Gasteiger partial charge in [-0.3, -0.25) is 4.79 Å². The molecule has 5 nitrogen and oxygen atoms in total. The second-order valence-corrected chi connectivity index (χ2v) is 6.62. The summed E-state index contributed by atoms with van der Waals surface area (Å²) in [5.74, 6) is 2.33. The highest BCUT2D eigenvalue weighted by molar-refractivity contribution is 5.72. The minimum atomic E-state index is -0.0110. The maximum absolute atomic E-state index is 11.9. The van der Waals surface area contributed by atoms with Crippen molar-refractivity contribution in [3.8, 4) is 11.5 Å². The molecule has 1 aliphatic rings.